The number of hydrogen-bond acceptors (Lipinski definition) is 1. The number of amides is 1. The number of carbonyl (C=O) groups excluding carboxylic acids is 1. The Hall–Kier alpha value is -2.61. The lowest BCUT2D eigenvalue weighted by Crippen LogP contribution is -2.12. The fraction of sp³-hybridized carbons (Fsp3) is 0.227. The second-order valence-electron chi connectivity index (χ2n) is 6.61. The third-order valence-electron chi connectivity index (χ3n) is 5.08. The van der Waals surface area contributed by atoms with Crippen molar-refractivity contribution in [3.8, 4) is 0 Å². The van der Waals surface area contributed by atoms with Gasteiger partial charge in [-0.1, -0.05) is 61.9 Å². The zero-order chi connectivity index (χ0) is 16.5. The molecule has 2 unspecified atom stereocenters. The van der Waals surface area contributed by atoms with E-state index >= 15 is 0 Å². The molecule has 0 heterocycles. The van der Waals surface area contributed by atoms with Gasteiger partial charge in [-0.3, -0.25) is 4.79 Å². The van der Waals surface area contributed by atoms with Crippen LogP contribution in [0.4, 0.5) is 5.69 Å². The van der Waals surface area contributed by atoms with Crippen LogP contribution >= 0.6 is 0 Å². The second kappa shape index (κ2) is 6.12. The van der Waals surface area contributed by atoms with E-state index in [2.05, 4.69) is 24.4 Å². The van der Waals surface area contributed by atoms with Gasteiger partial charge in [0, 0.05) is 11.3 Å². The highest BCUT2D eigenvalue weighted by Crippen LogP contribution is 2.49. The van der Waals surface area contributed by atoms with Crippen LogP contribution in [0.2, 0.25) is 0 Å². The normalized spacial score (nSPS) is 19.2. The van der Waals surface area contributed by atoms with Crippen molar-refractivity contribution in [2.45, 2.75) is 25.7 Å². The van der Waals surface area contributed by atoms with E-state index in [1.807, 2.05) is 54.6 Å². The molecule has 0 aliphatic heterocycles. The molecule has 0 spiro atoms. The first-order valence-corrected chi connectivity index (χ1v) is 8.65. The fourth-order valence-corrected chi connectivity index (χ4v) is 3.54. The van der Waals surface area contributed by atoms with Gasteiger partial charge < -0.3 is 5.32 Å². The number of anilines is 1. The van der Waals surface area contributed by atoms with Crippen LogP contribution in [0, 0.1) is 5.92 Å². The number of hydrogen-bond donors (Lipinski definition) is 1. The molecule has 0 radical (unpaired) electrons. The van der Waals surface area contributed by atoms with E-state index < -0.39 is 0 Å². The number of nitrogens with one attached hydrogen (secondary N) is 1. The molecule has 1 aliphatic rings. The van der Waals surface area contributed by atoms with Gasteiger partial charge in [0.1, 0.15) is 0 Å². The molecule has 2 nitrogen and oxygen atoms in total. The Morgan fingerprint density at radius 1 is 1.00 bits per heavy atom. The van der Waals surface area contributed by atoms with Gasteiger partial charge in [-0.15, -0.1) is 0 Å². The maximum absolute atomic E-state index is 12.6. The van der Waals surface area contributed by atoms with Crippen molar-refractivity contribution in [1.29, 1.82) is 0 Å². The number of benzene rings is 3. The summed E-state index contributed by atoms with van der Waals surface area (Å²) in [5, 5.41) is 5.09. The predicted molar refractivity (Wildman–Crippen MR) is 99.5 cm³/mol. The number of fused-ring (bicyclic) bond motifs is 1. The van der Waals surface area contributed by atoms with E-state index in [0.717, 1.165) is 28.3 Å². The molecule has 0 saturated heterocycles. The highest BCUT2D eigenvalue weighted by molar-refractivity contribution is 6.12. The van der Waals surface area contributed by atoms with E-state index in [9.17, 15) is 4.79 Å². The first-order valence-electron chi connectivity index (χ1n) is 8.65. The number of rotatable bonds is 4. The van der Waals surface area contributed by atoms with Crippen molar-refractivity contribution in [2.75, 3.05) is 5.32 Å². The van der Waals surface area contributed by atoms with E-state index in [1.165, 1.54) is 18.4 Å². The van der Waals surface area contributed by atoms with E-state index in [4.69, 9.17) is 0 Å². The topological polar surface area (TPSA) is 29.1 Å². The summed E-state index contributed by atoms with van der Waals surface area (Å²) in [4.78, 5) is 12.6. The van der Waals surface area contributed by atoms with Crippen molar-refractivity contribution in [2.24, 2.45) is 5.92 Å². The summed E-state index contributed by atoms with van der Waals surface area (Å²) in [6.07, 6.45) is 2.56. The Morgan fingerprint density at radius 3 is 2.50 bits per heavy atom. The van der Waals surface area contributed by atoms with Crippen molar-refractivity contribution in [1.82, 2.24) is 0 Å². The van der Waals surface area contributed by atoms with Gasteiger partial charge in [0.15, 0.2) is 0 Å². The lowest BCUT2D eigenvalue weighted by molar-refractivity contribution is 0.102. The maximum Gasteiger partial charge on any atom is 0.256 e. The summed E-state index contributed by atoms with van der Waals surface area (Å²) in [6.45, 7) is 2.25. The quantitative estimate of drug-likeness (QED) is 0.666. The molecule has 0 aromatic heterocycles. The summed E-state index contributed by atoms with van der Waals surface area (Å²) in [5.74, 6) is 1.51. The molecule has 1 N–H and O–H groups in total. The van der Waals surface area contributed by atoms with Crippen molar-refractivity contribution in [3.05, 3.63) is 77.9 Å². The fourth-order valence-electron chi connectivity index (χ4n) is 3.54. The molecule has 120 valence electrons. The summed E-state index contributed by atoms with van der Waals surface area (Å²) in [7, 11) is 0. The van der Waals surface area contributed by atoms with Gasteiger partial charge in [0.2, 0.25) is 0 Å². The molecule has 1 aliphatic carbocycles. The van der Waals surface area contributed by atoms with E-state index in [0.29, 0.717) is 5.56 Å². The minimum atomic E-state index is -0.0580. The lowest BCUT2D eigenvalue weighted by atomic mass is 10.0. The molecule has 24 heavy (non-hydrogen) atoms. The Balaban J connectivity index is 1.53. The van der Waals surface area contributed by atoms with Crippen LogP contribution < -0.4 is 5.32 Å². The van der Waals surface area contributed by atoms with E-state index in [1.54, 1.807) is 0 Å². The minimum Gasteiger partial charge on any atom is -0.322 e. The third kappa shape index (κ3) is 2.80. The summed E-state index contributed by atoms with van der Waals surface area (Å²) < 4.78 is 0. The van der Waals surface area contributed by atoms with Crippen molar-refractivity contribution < 1.29 is 4.79 Å². The zero-order valence-electron chi connectivity index (χ0n) is 13.8. The standard InChI is InChI=1S/C22H21NO/c1-2-15-14-21(15)17-10-12-18(13-11-17)23-22(24)20-9-5-7-16-6-3-4-8-19(16)20/h3-13,15,21H,2,14H2,1H3,(H,23,24). The molecule has 0 bridgehead atoms. The van der Waals surface area contributed by atoms with Gasteiger partial charge in [-0.25, -0.2) is 0 Å². The van der Waals surface area contributed by atoms with Crippen LogP contribution in [-0.2, 0) is 0 Å². The smallest absolute Gasteiger partial charge is 0.256 e. The van der Waals surface area contributed by atoms with Gasteiger partial charge in [-0.05, 0) is 52.8 Å². The second-order valence-corrected chi connectivity index (χ2v) is 6.61. The van der Waals surface area contributed by atoms with Crippen LogP contribution in [0.15, 0.2) is 66.7 Å². The molecule has 1 amide bonds. The summed E-state index contributed by atoms with van der Waals surface area (Å²) in [5.41, 5.74) is 2.96. The third-order valence-corrected chi connectivity index (χ3v) is 5.08. The molecule has 1 fully saturated rings. The molecular weight excluding hydrogens is 294 g/mol. The molecule has 2 atom stereocenters. The SMILES string of the molecule is CCC1CC1c1ccc(NC(=O)c2cccc3ccccc23)cc1. The van der Waals surface area contributed by atoms with Crippen LogP contribution in [0.3, 0.4) is 0 Å². The zero-order valence-corrected chi connectivity index (χ0v) is 13.8. The van der Waals surface area contributed by atoms with Crippen molar-refractivity contribution >= 4 is 22.4 Å². The average Bonchev–Trinajstić information content (AvgIpc) is 3.41. The largest absolute Gasteiger partial charge is 0.322 e. The van der Waals surface area contributed by atoms with Gasteiger partial charge in [0.05, 0.1) is 0 Å². The Labute approximate surface area is 142 Å². The number of carbonyl (C=O) groups is 1. The Morgan fingerprint density at radius 2 is 1.75 bits per heavy atom. The highest BCUT2D eigenvalue weighted by atomic mass is 16.1. The first-order chi connectivity index (χ1) is 11.8. The van der Waals surface area contributed by atoms with Crippen LogP contribution in [0.25, 0.3) is 10.8 Å². The van der Waals surface area contributed by atoms with Crippen LogP contribution in [-0.4, -0.2) is 5.91 Å². The van der Waals surface area contributed by atoms with Gasteiger partial charge in [-0.2, -0.15) is 0 Å². The molecule has 4 rings (SSSR count). The van der Waals surface area contributed by atoms with Gasteiger partial charge >= 0.3 is 0 Å². The summed E-state index contributed by atoms with van der Waals surface area (Å²) in [6, 6.07) is 22.1. The summed E-state index contributed by atoms with van der Waals surface area (Å²) >= 11 is 0. The van der Waals surface area contributed by atoms with Crippen LogP contribution in [0.1, 0.15) is 41.6 Å². The van der Waals surface area contributed by atoms with Gasteiger partial charge in [0.25, 0.3) is 5.91 Å². The molecule has 3 aromatic carbocycles. The average molecular weight is 315 g/mol. The van der Waals surface area contributed by atoms with Crippen LogP contribution in [0.5, 0.6) is 0 Å². The predicted octanol–water partition coefficient (Wildman–Crippen LogP) is 5.61. The lowest BCUT2D eigenvalue weighted by Gasteiger charge is -2.09. The molecule has 2 heteroatoms. The monoisotopic (exact) mass is 315 g/mol. The highest BCUT2D eigenvalue weighted by Gasteiger charge is 2.36. The molecule has 1 saturated carbocycles. The first kappa shape index (κ1) is 14.9. The molecular formula is C22H21NO. The van der Waals surface area contributed by atoms with Crippen molar-refractivity contribution in [3.63, 3.8) is 0 Å². The minimum absolute atomic E-state index is 0.0580. The van der Waals surface area contributed by atoms with E-state index in [-0.39, 0.29) is 5.91 Å². The molecule has 3 aromatic rings. The maximum atomic E-state index is 12.6. The Bertz CT molecular complexity index is 877. The Kier molecular flexibility index (Phi) is 3.81.